The SMILES string of the molecule is CCOc1ccc([C@@H](C)NC(=O)[C@H](C)Oc2cccc(C)c2C)cc1. The van der Waals surface area contributed by atoms with E-state index in [9.17, 15) is 4.79 Å². The maximum absolute atomic E-state index is 12.4. The van der Waals surface area contributed by atoms with Crippen molar-refractivity contribution in [3.05, 3.63) is 59.2 Å². The number of benzene rings is 2. The maximum atomic E-state index is 12.4. The molecule has 0 aromatic heterocycles. The summed E-state index contributed by atoms with van der Waals surface area (Å²) in [6.45, 7) is 10.3. The molecule has 0 aliphatic rings. The first-order chi connectivity index (χ1) is 11.9. The maximum Gasteiger partial charge on any atom is 0.261 e. The van der Waals surface area contributed by atoms with E-state index < -0.39 is 6.10 Å². The van der Waals surface area contributed by atoms with Crippen molar-refractivity contribution in [3.63, 3.8) is 0 Å². The fourth-order valence-corrected chi connectivity index (χ4v) is 2.53. The molecule has 2 atom stereocenters. The van der Waals surface area contributed by atoms with Crippen molar-refractivity contribution in [2.75, 3.05) is 6.61 Å². The number of rotatable bonds is 7. The van der Waals surface area contributed by atoms with Gasteiger partial charge in [0, 0.05) is 0 Å². The molecule has 2 aromatic carbocycles. The minimum Gasteiger partial charge on any atom is -0.494 e. The van der Waals surface area contributed by atoms with E-state index in [0.717, 1.165) is 28.2 Å². The molecule has 25 heavy (non-hydrogen) atoms. The average molecular weight is 341 g/mol. The third kappa shape index (κ3) is 4.99. The summed E-state index contributed by atoms with van der Waals surface area (Å²) in [5.74, 6) is 1.44. The van der Waals surface area contributed by atoms with Crippen LogP contribution in [0.2, 0.25) is 0 Å². The van der Waals surface area contributed by atoms with Gasteiger partial charge in [-0.1, -0.05) is 24.3 Å². The van der Waals surface area contributed by atoms with Crippen molar-refractivity contribution in [1.82, 2.24) is 5.32 Å². The standard InChI is InChI=1S/C21H27NO3/c1-6-24-19-12-10-18(11-13-19)16(4)22-21(23)17(5)25-20-9-7-8-14(2)15(20)3/h7-13,16-17H,6H2,1-5H3,(H,22,23)/t16-,17+/m1/s1. The highest BCUT2D eigenvalue weighted by Crippen LogP contribution is 2.22. The number of hydrogen-bond donors (Lipinski definition) is 1. The monoisotopic (exact) mass is 341 g/mol. The first kappa shape index (κ1) is 18.8. The van der Waals surface area contributed by atoms with Crippen LogP contribution < -0.4 is 14.8 Å². The van der Waals surface area contributed by atoms with Crippen LogP contribution in [0, 0.1) is 13.8 Å². The summed E-state index contributed by atoms with van der Waals surface area (Å²) in [6.07, 6.45) is -0.564. The van der Waals surface area contributed by atoms with Crippen molar-refractivity contribution in [3.8, 4) is 11.5 Å². The Bertz CT molecular complexity index is 710. The summed E-state index contributed by atoms with van der Waals surface area (Å²) in [4.78, 5) is 12.4. The van der Waals surface area contributed by atoms with Crippen LogP contribution in [0.15, 0.2) is 42.5 Å². The van der Waals surface area contributed by atoms with Crippen LogP contribution in [0.4, 0.5) is 0 Å². The summed E-state index contributed by atoms with van der Waals surface area (Å²) < 4.78 is 11.3. The Morgan fingerprint density at radius 2 is 1.76 bits per heavy atom. The molecule has 4 nitrogen and oxygen atoms in total. The summed E-state index contributed by atoms with van der Waals surface area (Å²) in [7, 11) is 0. The molecule has 0 heterocycles. The summed E-state index contributed by atoms with van der Waals surface area (Å²) in [5, 5.41) is 3.00. The molecule has 1 amide bonds. The molecule has 2 aromatic rings. The third-order valence-electron chi connectivity index (χ3n) is 4.28. The van der Waals surface area contributed by atoms with Crippen LogP contribution in [-0.2, 0) is 4.79 Å². The fourth-order valence-electron chi connectivity index (χ4n) is 2.53. The van der Waals surface area contributed by atoms with Crippen molar-refractivity contribution >= 4 is 5.91 Å². The second-order valence-corrected chi connectivity index (χ2v) is 6.19. The molecule has 0 radical (unpaired) electrons. The second kappa shape index (κ2) is 8.56. The lowest BCUT2D eigenvalue weighted by Gasteiger charge is -2.20. The van der Waals surface area contributed by atoms with Gasteiger partial charge >= 0.3 is 0 Å². The molecular weight excluding hydrogens is 314 g/mol. The van der Waals surface area contributed by atoms with Crippen LogP contribution in [0.25, 0.3) is 0 Å². The predicted molar refractivity (Wildman–Crippen MR) is 100 cm³/mol. The van der Waals surface area contributed by atoms with E-state index in [2.05, 4.69) is 5.32 Å². The highest BCUT2D eigenvalue weighted by atomic mass is 16.5. The van der Waals surface area contributed by atoms with E-state index in [1.165, 1.54) is 0 Å². The molecule has 4 heteroatoms. The lowest BCUT2D eigenvalue weighted by molar-refractivity contribution is -0.127. The zero-order chi connectivity index (χ0) is 18.4. The van der Waals surface area contributed by atoms with Gasteiger partial charge in [-0.05, 0) is 69.5 Å². The first-order valence-electron chi connectivity index (χ1n) is 8.68. The summed E-state index contributed by atoms with van der Waals surface area (Å²) >= 11 is 0. The number of nitrogens with one attached hydrogen (secondary N) is 1. The van der Waals surface area contributed by atoms with E-state index in [0.29, 0.717) is 6.61 Å². The average Bonchev–Trinajstić information content (AvgIpc) is 2.59. The number of hydrogen-bond acceptors (Lipinski definition) is 3. The van der Waals surface area contributed by atoms with Crippen LogP contribution in [-0.4, -0.2) is 18.6 Å². The second-order valence-electron chi connectivity index (χ2n) is 6.19. The van der Waals surface area contributed by atoms with Crippen LogP contribution in [0.5, 0.6) is 11.5 Å². The fraction of sp³-hybridized carbons (Fsp3) is 0.381. The molecular formula is C21H27NO3. The van der Waals surface area contributed by atoms with Gasteiger partial charge in [0.25, 0.3) is 5.91 Å². The number of carbonyl (C=O) groups excluding carboxylic acids is 1. The molecule has 1 N–H and O–H groups in total. The van der Waals surface area contributed by atoms with Crippen molar-refractivity contribution in [2.45, 2.75) is 46.8 Å². The lowest BCUT2D eigenvalue weighted by Crippen LogP contribution is -2.37. The molecule has 0 aliphatic carbocycles. The van der Waals surface area contributed by atoms with Gasteiger partial charge in [0.1, 0.15) is 11.5 Å². The Hall–Kier alpha value is -2.49. The van der Waals surface area contributed by atoms with Crippen LogP contribution in [0.1, 0.15) is 43.5 Å². The van der Waals surface area contributed by atoms with E-state index in [-0.39, 0.29) is 11.9 Å². The molecule has 0 fully saturated rings. The third-order valence-corrected chi connectivity index (χ3v) is 4.28. The lowest BCUT2D eigenvalue weighted by atomic mass is 10.1. The van der Waals surface area contributed by atoms with Crippen LogP contribution >= 0.6 is 0 Å². The van der Waals surface area contributed by atoms with E-state index in [1.807, 2.05) is 70.2 Å². The summed E-state index contributed by atoms with van der Waals surface area (Å²) in [5.41, 5.74) is 3.23. The largest absolute Gasteiger partial charge is 0.494 e. The quantitative estimate of drug-likeness (QED) is 0.814. The highest BCUT2D eigenvalue weighted by molar-refractivity contribution is 5.81. The highest BCUT2D eigenvalue weighted by Gasteiger charge is 2.18. The Balaban J connectivity index is 1.96. The number of carbonyl (C=O) groups is 1. The van der Waals surface area contributed by atoms with E-state index in [4.69, 9.17) is 9.47 Å². The Kier molecular flexibility index (Phi) is 6.45. The van der Waals surface area contributed by atoms with Crippen molar-refractivity contribution in [2.24, 2.45) is 0 Å². The Morgan fingerprint density at radius 1 is 1.08 bits per heavy atom. The molecule has 2 rings (SSSR count). The Labute approximate surface area is 150 Å². The van der Waals surface area contributed by atoms with Gasteiger partial charge in [0.2, 0.25) is 0 Å². The van der Waals surface area contributed by atoms with Gasteiger partial charge in [0.15, 0.2) is 6.10 Å². The minimum absolute atomic E-state index is 0.104. The first-order valence-corrected chi connectivity index (χ1v) is 8.68. The molecule has 0 saturated carbocycles. The molecule has 134 valence electrons. The van der Waals surface area contributed by atoms with Gasteiger partial charge in [-0.15, -0.1) is 0 Å². The van der Waals surface area contributed by atoms with Gasteiger partial charge in [-0.2, -0.15) is 0 Å². The van der Waals surface area contributed by atoms with Gasteiger partial charge in [0.05, 0.1) is 12.6 Å². The molecule has 0 spiro atoms. The van der Waals surface area contributed by atoms with E-state index in [1.54, 1.807) is 6.92 Å². The zero-order valence-corrected chi connectivity index (χ0v) is 15.6. The minimum atomic E-state index is -0.564. The Morgan fingerprint density at radius 3 is 2.40 bits per heavy atom. The van der Waals surface area contributed by atoms with Crippen molar-refractivity contribution < 1.29 is 14.3 Å². The summed E-state index contributed by atoms with van der Waals surface area (Å²) in [6, 6.07) is 13.5. The van der Waals surface area contributed by atoms with Crippen LogP contribution in [0.3, 0.4) is 0 Å². The number of aryl methyl sites for hydroxylation is 1. The molecule has 0 saturated heterocycles. The number of ether oxygens (including phenoxy) is 2. The van der Waals surface area contributed by atoms with Gasteiger partial charge < -0.3 is 14.8 Å². The topological polar surface area (TPSA) is 47.6 Å². The van der Waals surface area contributed by atoms with Crippen molar-refractivity contribution in [1.29, 1.82) is 0 Å². The van der Waals surface area contributed by atoms with Gasteiger partial charge in [-0.3, -0.25) is 4.79 Å². The molecule has 0 aliphatic heterocycles. The normalized spacial score (nSPS) is 13.0. The molecule has 0 bridgehead atoms. The number of amides is 1. The zero-order valence-electron chi connectivity index (χ0n) is 15.6. The van der Waals surface area contributed by atoms with Gasteiger partial charge in [-0.25, -0.2) is 0 Å². The van der Waals surface area contributed by atoms with E-state index >= 15 is 0 Å². The predicted octanol–water partition coefficient (Wildman–Crippen LogP) is 4.35. The molecule has 0 unspecified atom stereocenters. The smallest absolute Gasteiger partial charge is 0.261 e.